The van der Waals surface area contributed by atoms with E-state index in [-0.39, 0.29) is 22.5 Å². The first-order valence-electron chi connectivity index (χ1n) is 8.85. The van der Waals surface area contributed by atoms with Crippen molar-refractivity contribution in [2.75, 3.05) is 37.2 Å². The first-order chi connectivity index (χ1) is 14.0. The summed E-state index contributed by atoms with van der Waals surface area (Å²) in [6.07, 6.45) is 1.00. The Morgan fingerprint density at radius 3 is 1.83 bits per heavy atom. The molecule has 0 spiro atoms. The number of halogens is 3. The Hall–Kier alpha value is -2.00. The number of anilines is 1. The van der Waals surface area contributed by atoms with Gasteiger partial charge in [0.2, 0.25) is 10.0 Å². The van der Waals surface area contributed by atoms with E-state index in [4.69, 9.17) is 34.8 Å². The van der Waals surface area contributed by atoms with E-state index >= 15 is 0 Å². The zero-order chi connectivity index (χ0) is 22.1. The van der Waals surface area contributed by atoms with Crippen LogP contribution >= 0.6 is 34.8 Å². The molecule has 0 aliphatic carbocycles. The minimum absolute atomic E-state index is 0.136. The summed E-state index contributed by atoms with van der Waals surface area (Å²) in [5.41, 5.74) is 0.824. The lowest BCUT2D eigenvalue weighted by molar-refractivity contribution is 0.0535. The first kappa shape index (κ1) is 22.7. The van der Waals surface area contributed by atoms with Crippen molar-refractivity contribution in [3.8, 4) is 0 Å². The fourth-order valence-corrected chi connectivity index (χ4v) is 4.41. The van der Waals surface area contributed by atoms with Crippen molar-refractivity contribution < 1.29 is 18.0 Å². The minimum Gasteiger partial charge on any atom is -0.335 e. The molecule has 2 amide bonds. The number of rotatable bonds is 4. The van der Waals surface area contributed by atoms with Gasteiger partial charge in [0.15, 0.2) is 0 Å². The van der Waals surface area contributed by atoms with Crippen molar-refractivity contribution in [3.05, 3.63) is 62.6 Å². The summed E-state index contributed by atoms with van der Waals surface area (Å²) in [6, 6.07) is 9.05. The Bertz CT molecular complexity index is 1080. The van der Waals surface area contributed by atoms with Crippen molar-refractivity contribution in [3.63, 3.8) is 0 Å². The Balaban J connectivity index is 1.68. The van der Waals surface area contributed by atoms with Crippen LogP contribution in [0, 0.1) is 0 Å². The molecule has 11 heteroatoms. The van der Waals surface area contributed by atoms with Crippen LogP contribution < -0.4 is 4.72 Å². The van der Waals surface area contributed by atoms with E-state index in [1.54, 1.807) is 28.0 Å². The molecule has 30 heavy (non-hydrogen) atoms. The minimum atomic E-state index is -3.54. The summed E-state index contributed by atoms with van der Waals surface area (Å²) >= 11 is 18.0. The molecule has 0 bridgehead atoms. The highest BCUT2D eigenvalue weighted by Gasteiger charge is 2.26. The second-order valence-corrected chi connectivity index (χ2v) is 9.84. The van der Waals surface area contributed by atoms with Gasteiger partial charge in [-0.25, -0.2) is 8.42 Å². The average molecular weight is 491 g/mol. The van der Waals surface area contributed by atoms with Crippen LogP contribution in [0.5, 0.6) is 0 Å². The molecule has 2 aromatic rings. The molecule has 1 aliphatic rings. The molecular formula is C19H18Cl3N3O4S. The van der Waals surface area contributed by atoms with Crippen LogP contribution in [-0.4, -0.2) is 62.5 Å². The van der Waals surface area contributed by atoms with Crippen molar-refractivity contribution in [2.45, 2.75) is 0 Å². The normalized spacial score (nSPS) is 14.5. The predicted molar refractivity (Wildman–Crippen MR) is 118 cm³/mol. The molecule has 1 heterocycles. The van der Waals surface area contributed by atoms with Crippen LogP contribution in [-0.2, 0) is 10.0 Å². The Kier molecular flexibility index (Phi) is 6.81. The number of carbonyl (C=O) groups excluding carboxylic acids is 2. The number of nitrogens with one attached hydrogen (secondary N) is 1. The highest BCUT2D eigenvalue weighted by Crippen LogP contribution is 2.25. The number of amides is 2. The van der Waals surface area contributed by atoms with E-state index < -0.39 is 10.0 Å². The summed E-state index contributed by atoms with van der Waals surface area (Å²) < 4.78 is 25.2. The number of carbonyl (C=O) groups is 2. The Morgan fingerprint density at radius 1 is 0.833 bits per heavy atom. The van der Waals surface area contributed by atoms with Gasteiger partial charge in [0, 0.05) is 47.4 Å². The number of piperazine rings is 1. The second kappa shape index (κ2) is 9.01. The maximum atomic E-state index is 12.8. The third kappa shape index (κ3) is 5.57. The van der Waals surface area contributed by atoms with Crippen LogP contribution in [0.25, 0.3) is 0 Å². The topological polar surface area (TPSA) is 86.8 Å². The molecule has 1 N–H and O–H groups in total. The van der Waals surface area contributed by atoms with Gasteiger partial charge in [-0.2, -0.15) is 0 Å². The SMILES string of the molecule is CS(=O)(=O)Nc1cc(C(=O)N2CCN(C(=O)c3cc(Cl)cc(Cl)c3)CC2)ccc1Cl. The quantitative estimate of drug-likeness (QED) is 0.709. The van der Waals surface area contributed by atoms with Gasteiger partial charge in [-0.3, -0.25) is 14.3 Å². The summed E-state index contributed by atoms with van der Waals surface area (Å²) in [4.78, 5) is 28.8. The fourth-order valence-electron chi connectivity index (χ4n) is 3.09. The molecular weight excluding hydrogens is 473 g/mol. The summed E-state index contributed by atoms with van der Waals surface area (Å²) in [5.74, 6) is -0.487. The van der Waals surface area contributed by atoms with Crippen molar-refractivity contribution >= 4 is 62.3 Å². The van der Waals surface area contributed by atoms with Gasteiger partial charge in [0.1, 0.15) is 0 Å². The zero-order valence-corrected chi connectivity index (χ0v) is 18.9. The van der Waals surface area contributed by atoms with E-state index in [1.807, 2.05) is 0 Å². The molecule has 2 aromatic carbocycles. The van der Waals surface area contributed by atoms with E-state index in [2.05, 4.69) is 4.72 Å². The Morgan fingerprint density at radius 2 is 1.33 bits per heavy atom. The Labute approximate surface area is 189 Å². The molecule has 1 aliphatic heterocycles. The third-order valence-corrected chi connectivity index (χ3v) is 5.83. The average Bonchev–Trinajstić information content (AvgIpc) is 2.67. The van der Waals surface area contributed by atoms with Crippen LogP contribution in [0.2, 0.25) is 15.1 Å². The lowest BCUT2D eigenvalue weighted by Crippen LogP contribution is -2.50. The van der Waals surface area contributed by atoms with Crippen LogP contribution in [0.1, 0.15) is 20.7 Å². The molecule has 1 saturated heterocycles. The molecule has 160 valence electrons. The standard InChI is InChI=1S/C19H18Cl3N3O4S/c1-30(28,29)23-17-10-12(2-3-16(17)22)18(26)24-4-6-25(7-5-24)19(27)13-8-14(20)11-15(21)9-13/h2-3,8-11,23H,4-7H2,1H3. The molecule has 7 nitrogen and oxygen atoms in total. The van der Waals surface area contributed by atoms with Gasteiger partial charge in [-0.05, 0) is 36.4 Å². The zero-order valence-electron chi connectivity index (χ0n) is 15.9. The molecule has 0 radical (unpaired) electrons. The van der Waals surface area contributed by atoms with Crippen molar-refractivity contribution in [1.29, 1.82) is 0 Å². The molecule has 1 fully saturated rings. The molecule has 0 saturated carbocycles. The summed E-state index contributed by atoms with van der Waals surface area (Å²) in [7, 11) is -3.54. The smallest absolute Gasteiger partial charge is 0.254 e. The number of benzene rings is 2. The molecule has 0 atom stereocenters. The molecule has 0 aromatic heterocycles. The van der Waals surface area contributed by atoms with Crippen molar-refractivity contribution in [2.24, 2.45) is 0 Å². The maximum Gasteiger partial charge on any atom is 0.254 e. The third-order valence-electron chi connectivity index (χ3n) is 4.47. The van der Waals surface area contributed by atoms with Gasteiger partial charge in [-0.15, -0.1) is 0 Å². The first-order valence-corrected chi connectivity index (χ1v) is 11.9. The number of hydrogen-bond donors (Lipinski definition) is 1. The molecule has 0 unspecified atom stereocenters. The fraction of sp³-hybridized carbons (Fsp3) is 0.263. The predicted octanol–water partition coefficient (Wildman–Crippen LogP) is 3.62. The lowest BCUT2D eigenvalue weighted by Gasteiger charge is -2.35. The largest absolute Gasteiger partial charge is 0.335 e. The second-order valence-electron chi connectivity index (χ2n) is 6.81. The van der Waals surface area contributed by atoms with E-state index in [0.717, 1.165) is 6.26 Å². The van der Waals surface area contributed by atoms with E-state index in [1.165, 1.54) is 18.2 Å². The van der Waals surface area contributed by atoms with Gasteiger partial charge >= 0.3 is 0 Å². The highest BCUT2D eigenvalue weighted by molar-refractivity contribution is 7.92. The highest BCUT2D eigenvalue weighted by atomic mass is 35.5. The van der Waals surface area contributed by atoms with E-state index in [9.17, 15) is 18.0 Å². The lowest BCUT2D eigenvalue weighted by atomic mass is 10.1. The van der Waals surface area contributed by atoms with Gasteiger partial charge in [-0.1, -0.05) is 34.8 Å². The number of sulfonamides is 1. The number of nitrogens with zero attached hydrogens (tertiary/aromatic N) is 2. The summed E-state index contributed by atoms with van der Waals surface area (Å²) in [5, 5.41) is 0.939. The van der Waals surface area contributed by atoms with E-state index in [0.29, 0.717) is 47.4 Å². The van der Waals surface area contributed by atoms with Gasteiger partial charge in [0.25, 0.3) is 11.8 Å². The monoisotopic (exact) mass is 489 g/mol. The van der Waals surface area contributed by atoms with Crippen molar-refractivity contribution in [1.82, 2.24) is 9.80 Å². The maximum absolute atomic E-state index is 12.8. The van der Waals surface area contributed by atoms with Gasteiger partial charge in [0.05, 0.1) is 17.0 Å². The number of hydrogen-bond acceptors (Lipinski definition) is 4. The van der Waals surface area contributed by atoms with Crippen LogP contribution in [0.4, 0.5) is 5.69 Å². The van der Waals surface area contributed by atoms with Crippen LogP contribution in [0.15, 0.2) is 36.4 Å². The summed E-state index contributed by atoms with van der Waals surface area (Å²) in [6.45, 7) is 1.35. The molecule has 3 rings (SSSR count). The van der Waals surface area contributed by atoms with Gasteiger partial charge < -0.3 is 9.80 Å². The van der Waals surface area contributed by atoms with Crippen LogP contribution in [0.3, 0.4) is 0 Å².